The van der Waals surface area contributed by atoms with Crippen molar-refractivity contribution >= 4 is 0 Å². The molecule has 1 heterocycles. The van der Waals surface area contributed by atoms with Crippen molar-refractivity contribution < 1.29 is 0 Å². The molecule has 3 nitrogen and oxygen atoms in total. The summed E-state index contributed by atoms with van der Waals surface area (Å²) in [5, 5.41) is 9.15. The van der Waals surface area contributed by atoms with E-state index in [1.165, 1.54) is 22.3 Å². The van der Waals surface area contributed by atoms with Crippen molar-refractivity contribution in [3.63, 3.8) is 0 Å². The lowest BCUT2D eigenvalue weighted by molar-refractivity contribution is 0.351. The van der Waals surface area contributed by atoms with Gasteiger partial charge in [-0.25, -0.2) is 4.68 Å². The van der Waals surface area contributed by atoms with Crippen LogP contribution in [0.2, 0.25) is 0 Å². The van der Waals surface area contributed by atoms with Crippen LogP contribution in [0.25, 0.3) is 22.5 Å². The highest BCUT2D eigenvalue weighted by Crippen LogP contribution is 2.42. The van der Waals surface area contributed by atoms with Gasteiger partial charge in [-0.1, -0.05) is 60.7 Å². The minimum atomic E-state index is -0.118. The number of hydrogen-bond acceptors (Lipinski definition) is 2. The van der Waals surface area contributed by atoms with Crippen molar-refractivity contribution in [3.8, 4) is 22.5 Å². The summed E-state index contributed by atoms with van der Waals surface area (Å²) in [6, 6.07) is 17.3. The van der Waals surface area contributed by atoms with Gasteiger partial charge in [-0.2, -0.15) is 0 Å². The molecule has 0 bridgehead atoms. The SMILES string of the molecule is CC1Cc2ccccc2-c2c(nnn2C(C)(C)C)-c2ccccc21. The zero-order chi connectivity index (χ0) is 16.9. The van der Waals surface area contributed by atoms with Crippen LogP contribution >= 0.6 is 0 Å². The highest BCUT2D eigenvalue weighted by molar-refractivity contribution is 5.82. The van der Waals surface area contributed by atoms with Gasteiger partial charge in [-0.15, -0.1) is 5.10 Å². The summed E-state index contributed by atoms with van der Waals surface area (Å²) in [6.45, 7) is 8.84. The third kappa shape index (κ3) is 2.27. The van der Waals surface area contributed by atoms with Crippen LogP contribution in [-0.2, 0) is 12.0 Å². The third-order valence-corrected chi connectivity index (χ3v) is 4.85. The predicted octanol–water partition coefficient (Wildman–Crippen LogP) is 5.03. The molecule has 0 N–H and O–H groups in total. The van der Waals surface area contributed by atoms with E-state index in [0.29, 0.717) is 5.92 Å². The lowest BCUT2D eigenvalue weighted by Crippen LogP contribution is -2.24. The van der Waals surface area contributed by atoms with Crippen molar-refractivity contribution in [3.05, 3.63) is 59.7 Å². The molecule has 1 aromatic heterocycles. The Morgan fingerprint density at radius 2 is 1.62 bits per heavy atom. The van der Waals surface area contributed by atoms with Gasteiger partial charge in [0.15, 0.2) is 0 Å². The van der Waals surface area contributed by atoms with Crippen LogP contribution in [0.3, 0.4) is 0 Å². The van der Waals surface area contributed by atoms with E-state index in [9.17, 15) is 0 Å². The minimum Gasteiger partial charge on any atom is -0.239 e. The molecular formula is C21H23N3. The highest BCUT2D eigenvalue weighted by Gasteiger charge is 2.29. The lowest BCUT2D eigenvalue weighted by atomic mass is 9.83. The number of benzene rings is 2. The Morgan fingerprint density at radius 3 is 2.38 bits per heavy atom. The summed E-state index contributed by atoms with van der Waals surface area (Å²) in [4.78, 5) is 0. The standard InChI is InChI=1S/C21H23N3/c1-14-13-15-9-5-6-11-17(15)20-19(18-12-8-7-10-16(14)18)22-23-24(20)21(2,3)4/h5-12,14H,13H2,1-4H3. The van der Waals surface area contributed by atoms with E-state index < -0.39 is 0 Å². The zero-order valence-corrected chi connectivity index (χ0v) is 14.7. The molecule has 3 aromatic rings. The van der Waals surface area contributed by atoms with Gasteiger partial charge in [0.25, 0.3) is 0 Å². The van der Waals surface area contributed by atoms with E-state index in [2.05, 4.69) is 91.2 Å². The zero-order valence-electron chi connectivity index (χ0n) is 14.7. The van der Waals surface area contributed by atoms with Crippen LogP contribution in [0, 0.1) is 0 Å². The van der Waals surface area contributed by atoms with E-state index in [0.717, 1.165) is 17.8 Å². The average Bonchev–Trinajstić information content (AvgIpc) is 2.99. The Labute approximate surface area is 143 Å². The van der Waals surface area contributed by atoms with Crippen LogP contribution in [0.15, 0.2) is 48.5 Å². The largest absolute Gasteiger partial charge is 0.239 e. The van der Waals surface area contributed by atoms with E-state index >= 15 is 0 Å². The molecule has 0 saturated carbocycles. The van der Waals surface area contributed by atoms with E-state index in [4.69, 9.17) is 0 Å². The van der Waals surface area contributed by atoms with Crippen LogP contribution in [0.1, 0.15) is 44.7 Å². The maximum Gasteiger partial charge on any atom is 0.121 e. The summed E-state index contributed by atoms with van der Waals surface area (Å²) in [5.74, 6) is 0.454. The second kappa shape index (κ2) is 5.30. The molecule has 0 saturated heterocycles. The Morgan fingerprint density at radius 1 is 0.958 bits per heavy atom. The lowest BCUT2D eigenvalue weighted by Gasteiger charge is -2.26. The van der Waals surface area contributed by atoms with Crippen LogP contribution < -0.4 is 0 Å². The third-order valence-electron chi connectivity index (χ3n) is 4.85. The molecule has 24 heavy (non-hydrogen) atoms. The first-order chi connectivity index (χ1) is 11.5. The topological polar surface area (TPSA) is 30.7 Å². The van der Waals surface area contributed by atoms with Gasteiger partial charge in [0.2, 0.25) is 0 Å². The summed E-state index contributed by atoms with van der Waals surface area (Å²) in [5.41, 5.74) is 7.21. The molecule has 0 radical (unpaired) electrons. The number of aromatic nitrogens is 3. The van der Waals surface area contributed by atoms with Crippen molar-refractivity contribution in [2.24, 2.45) is 0 Å². The summed E-state index contributed by atoms with van der Waals surface area (Å²) in [6.07, 6.45) is 1.03. The number of nitrogens with zero attached hydrogens (tertiary/aromatic N) is 3. The summed E-state index contributed by atoms with van der Waals surface area (Å²) in [7, 11) is 0. The molecule has 1 unspecified atom stereocenters. The van der Waals surface area contributed by atoms with Crippen molar-refractivity contribution in [2.45, 2.75) is 45.6 Å². The maximum absolute atomic E-state index is 4.61. The molecule has 0 fully saturated rings. The first-order valence-corrected chi connectivity index (χ1v) is 8.60. The van der Waals surface area contributed by atoms with Gasteiger partial charge in [0, 0.05) is 11.1 Å². The Kier molecular flexibility index (Phi) is 3.34. The van der Waals surface area contributed by atoms with E-state index in [-0.39, 0.29) is 5.54 Å². The fourth-order valence-corrected chi connectivity index (χ4v) is 3.69. The van der Waals surface area contributed by atoms with E-state index in [1.807, 2.05) is 0 Å². The smallest absolute Gasteiger partial charge is 0.121 e. The molecular weight excluding hydrogens is 294 g/mol. The van der Waals surface area contributed by atoms with Crippen molar-refractivity contribution in [1.82, 2.24) is 15.0 Å². The van der Waals surface area contributed by atoms with Crippen LogP contribution in [0.4, 0.5) is 0 Å². The number of hydrogen-bond donors (Lipinski definition) is 0. The molecule has 122 valence electrons. The molecule has 1 aliphatic carbocycles. The molecule has 0 amide bonds. The average molecular weight is 317 g/mol. The second-order valence-electron chi connectivity index (χ2n) is 7.72. The van der Waals surface area contributed by atoms with Crippen LogP contribution in [-0.4, -0.2) is 15.0 Å². The van der Waals surface area contributed by atoms with Crippen molar-refractivity contribution in [2.75, 3.05) is 0 Å². The predicted molar refractivity (Wildman–Crippen MR) is 98.0 cm³/mol. The molecule has 1 atom stereocenters. The Balaban J connectivity index is 2.11. The van der Waals surface area contributed by atoms with Crippen molar-refractivity contribution in [1.29, 1.82) is 0 Å². The van der Waals surface area contributed by atoms with Gasteiger partial charge in [0.1, 0.15) is 5.69 Å². The Bertz CT molecular complexity index is 899. The normalized spacial score (nSPS) is 16.6. The maximum atomic E-state index is 4.61. The molecule has 2 aromatic carbocycles. The van der Waals surface area contributed by atoms with Gasteiger partial charge in [-0.3, -0.25) is 0 Å². The Hall–Kier alpha value is -2.42. The second-order valence-corrected chi connectivity index (χ2v) is 7.72. The molecule has 0 spiro atoms. The fourth-order valence-electron chi connectivity index (χ4n) is 3.69. The molecule has 1 aliphatic rings. The van der Waals surface area contributed by atoms with E-state index in [1.54, 1.807) is 0 Å². The monoisotopic (exact) mass is 317 g/mol. The van der Waals surface area contributed by atoms with Crippen LogP contribution in [0.5, 0.6) is 0 Å². The highest BCUT2D eigenvalue weighted by atomic mass is 15.5. The number of rotatable bonds is 0. The van der Waals surface area contributed by atoms with Gasteiger partial charge < -0.3 is 0 Å². The minimum absolute atomic E-state index is 0.118. The fraction of sp³-hybridized carbons (Fsp3) is 0.333. The quantitative estimate of drug-likeness (QED) is 0.582. The molecule has 4 rings (SSSR count). The molecule has 0 aliphatic heterocycles. The molecule has 3 heteroatoms. The summed E-state index contributed by atoms with van der Waals surface area (Å²) < 4.78 is 2.08. The summed E-state index contributed by atoms with van der Waals surface area (Å²) >= 11 is 0. The van der Waals surface area contributed by atoms with Gasteiger partial charge in [-0.05, 0) is 44.2 Å². The van der Waals surface area contributed by atoms with Gasteiger partial charge >= 0.3 is 0 Å². The number of fused-ring (bicyclic) bond motifs is 5. The van der Waals surface area contributed by atoms with Gasteiger partial charge in [0.05, 0.1) is 11.2 Å². The first-order valence-electron chi connectivity index (χ1n) is 8.60. The first kappa shape index (κ1) is 15.1.